The molecule has 0 spiro atoms. The van der Waals surface area contributed by atoms with Gasteiger partial charge in [-0.15, -0.1) is 15.7 Å². The SMILES string of the molecule is NC(N)=Nc1nc(-c2ccc(C/C(N)=N\S(N)(=O)=O)o2)cs1. The molecule has 0 atom stereocenters. The summed E-state index contributed by atoms with van der Waals surface area (Å²) in [7, 11) is -4.02. The van der Waals surface area contributed by atoms with E-state index in [-0.39, 0.29) is 18.2 Å². The van der Waals surface area contributed by atoms with Crippen LogP contribution in [0.1, 0.15) is 5.76 Å². The Hall–Kier alpha value is -2.44. The Bertz CT molecular complexity index is 830. The molecule has 2 aromatic rings. The van der Waals surface area contributed by atoms with Crippen LogP contribution in [0.5, 0.6) is 0 Å². The van der Waals surface area contributed by atoms with Crippen molar-refractivity contribution in [1.29, 1.82) is 0 Å². The molecule has 0 saturated heterocycles. The van der Waals surface area contributed by atoms with Crippen molar-refractivity contribution < 1.29 is 12.8 Å². The first kappa shape index (κ1) is 15.9. The van der Waals surface area contributed by atoms with Crippen LogP contribution in [0.3, 0.4) is 0 Å². The quantitative estimate of drug-likeness (QED) is 0.412. The average molecular weight is 343 g/mol. The van der Waals surface area contributed by atoms with Gasteiger partial charge in [0, 0.05) is 5.38 Å². The monoisotopic (exact) mass is 343 g/mol. The van der Waals surface area contributed by atoms with Crippen molar-refractivity contribution >= 4 is 38.5 Å². The molecular formula is C10H13N7O3S2. The van der Waals surface area contributed by atoms with E-state index in [0.717, 1.165) is 0 Å². The van der Waals surface area contributed by atoms with Gasteiger partial charge in [-0.2, -0.15) is 13.4 Å². The lowest BCUT2D eigenvalue weighted by Gasteiger charge is -1.96. The fraction of sp³-hybridized carbons (Fsp3) is 0.100. The van der Waals surface area contributed by atoms with Crippen LogP contribution in [0, 0.1) is 0 Å². The summed E-state index contributed by atoms with van der Waals surface area (Å²) in [4.78, 5) is 7.99. The van der Waals surface area contributed by atoms with Crippen LogP contribution >= 0.6 is 11.3 Å². The molecule has 0 aromatic carbocycles. The maximum Gasteiger partial charge on any atom is 0.318 e. The zero-order chi connectivity index (χ0) is 16.3. The molecule has 22 heavy (non-hydrogen) atoms. The van der Waals surface area contributed by atoms with E-state index < -0.39 is 10.2 Å². The highest BCUT2D eigenvalue weighted by Crippen LogP contribution is 2.28. The summed E-state index contributed by atoms with van der Waals surface area (Å²) in [5, 5.41) is 6.87. The van der Waals surface area contributed by atoms with E-state index in [0.29, 0.717) is 22.3 Å². The number of thiazole rings is 1. The highest BCUT2D eigenvalue weighted by molar-refractivity contribution is 7.88. The van der Waals surface area contributed by atoms with Crippen LogP contribution in [0.4, 0.5) is 5.13 Å². The van der Waals surface area contributed by atoms with E-state index >= 15 is 0 Å². The van der Waals surface area contributed by atoms with Gasteiger partial charge in [0.2, 0.25) is 5.13 Å². The Balaban J connectivity index is 2.17. The van der Waals surface area contributed by atoms with Crippen molar-refractivity contribution in [1.82, 2.24) is 4.98 Å². The number of nitrogens with two attached hydrogens (primary N) is 4. The van der Waals surface area contributed by atoms with Gasteiger partial charge in [0.1, 0.15) is 17.3 Å². The van der Waals surface area contributed by atoms with Gasteiger partial charge in [0.05, 0.1) is 6.42 Å². The van der Waals surface area contributed by atoms with Gasteiger partial charge in [-0.1, -0.05) is 0 Å². The van der Waals surface area contributed by atoms with Crippen LogP contribution < -0.4 is 22.3 Å². The summed E-state index contributed by atoms with van der Waals surface area (Å²) in [6.07, 6.45) is 0.00131. The minimum Gasteiger partial charge on any atom is -0.459 e. The van der Waals surface area contributed by atoms with E-state index in [4.69, 9.17) is 26.8 Å². The number of amidine groups is 1. The minimum atomic E-state index is -4.02. The molecule has 0 radical (unpaired) electrons. The Labute approximate surface area is 129 Å². The first-order valence-corrected chi connectivity index (χ1v) is 8.12. The number of hydrogen-bond donors (Lipinski definition) is 4. The van der Waals surface area contributed by atoms with Gasteiger partial charge in [0.15, 0.2) is 11.7 Å². The van der Waals surface area contributed by atoms with E-state index in [1.165, 1.54) is 11.3 Å². The van der Waals surface area contributed by atoms with E-state index in [2.05, 4.69) is 14.4 Å². The largest absolute Gasteiger partial charge is 0.459 e. The highest BCUT2D eigenvalue weighted by Gasteiger charge is 2.11. The molecule has 0 saturated carbocycles. The van der Waals surface area contributed by atoms with Gasteiger partial charge in [-0.25, -0.2) is 10.1 Å². The molecule has 0 unspecified atom stereocenters. The molecule has 118 valence electrons. The van der Waals surface area contributed by atoms with E-state index in [9.17, 15) is 8.42 Å². The number of aromatic nitrogens is 1. The van der Waals surface area contributed by atoms with Crippen LogP contribution in [-0.4, -0.2) is 25.2 Å². The third-order valence-corrected chi connectivity index (χ3v) is 3.45. The molecule has 0 aliphatic carbocycles. The lowest BCUT2D eigenvalue weighted by atomic mass is 10.3. The van der Waals surface area contributed by atoms with E-state index in [1.54, 1.807) is 17.5 Å². The van der Waals surface area contributed by atoms with Gasteiger partial charge in [-0.3, -0.25) is 0 Å². The Kier molecular flexibility index (Phi) is 4.44. The van der Waals surface area contributed by atoms with Crippen LogP contribution in [0.25, 0.3) is 11.5 Å². The molecule has 0 aliphatic rings. The molecule has 10 nitrogen and oxygen atoms in total. The number of furan rings is 1. The number of nitrogens with zero attached hydrogens (tertiary/aromatic N) is 3. The van der Waals surface area contributed by atoms with Gasteiger partial charge >= 0.3 is 10.2 Å². The summed E-state index contributed by atoms with van der Waals surface area (Å²) in [5.41, 5.74) is 16.5. The summed E-state index contributed by atoms with van der Waals surface area (Å²) in [5.74, 6) is 0.610. The van der Waals surface area contributed by atoms with Crippen molar-refractivity contribution in [2.24, 2.45) is 31.7 Å². The molecule has 12 heteroatoms. The fourth-order valence-corrected chi connectivity index (χ4v) is 2.61. The molecule has 0 aliphatic heterocycles. The molecule has 0 amide bonds. The summed E-state index contributed by atoms with van der Waals surface area (Å²) < 4.78 is 30.2. The van der Waals surface area contributed by atoms with E-state index in [1.807, 2.05) is 0 Å². The standard InChI is InChI=1S/C10H13N7O3S2/c11-8(17-22(14,18)19)3-5-1-2-7(20-5)6-4-21-10(15-6)16-9(12)13/h1-2,4H,3H2,(H2,11,17)(H2,14,18,19)(H4,12,13,15,16). The average Bonchev–Trinajstić information content (AvgIpc) is 2.94. The maximum atomic E-state index is 10.8. The topological polar surface area (TPSA) is 189 Å². The smallest absolute Gasteiger partial charge is 0.318 e. The molecule has 2 rings (SSSR count). The highest BCUT2D eigenvalue weighted by atomic mass is 32.2. The molecule has 8 N–H and O–H groups in total. The molecule has 2 heterocycles. The normalized spacial score (nSPS) is 12.3. The van der Waals surface area contributed by atoms with Crippen molar-refractivity contribution in [3.63, 3.8) is 0 Å². The predicted molar refractivity (Wildman–Crippen MR) is 83.7 cm³/mol. The Morgan fingerprint density at radius 1 is 1.32 bits per heavy atom. The molecule has 0 bridgehead atoms. The van der Waals surface area contributed by atoms with Crippen LogP contribution in [0.2, 0.25) is 0 Å². The first-order valence-electron chi connectivity index (χ1n) is 5.74. The molecule has 2 aromatic heterocycles. The second-order valence-electron chi connectivity index (χ2n) is 4.09. The Morgan fingerprint density at radius 2 is 2.05 bits per heavy atom. The van der Waals surface area contributed by atoms with Gasteiger partial charge in [0.25, 0.3) is 0 Å². The van der Waals surface area contributed by atoms with Crippen LogP contribution in [0.15, 0.2) is 31.3 Å². The predicted octanol–water partition coefficient (Wildman–Crippen LogP) is -0.589. The lowest BCUT2D eigenvalue weighted by molar-refractivity contribution is 0.538. The number of guanidine groups is 1. The molecular weight excluding hydrogens is 330 g/mol. The second kappa shape index (κ2) is 6.13. The number of aliphatic imine (C=N–C) groups is 1. The van der Waals surface area contributed by atoms with Crippen molar-refractivity contribution in [2.45, 2.75) is 6.42 Å². The second-order valence-corrected chi connectivity index (χ2v) is 6.14. The summed E-state index contributed by atoms with van der Waals surface area (Å²) in [6.45, 7) is 0. The summed E-state index contributed by atoms with van der Waals surface area (Å²) in [6, 6.07) is 3.29. The third kappa shape index (κ3) is 4.54. The zero-order valence-corrected chi connectivity index (χ0v) is 12.8. The number of rotatable bonds is 5. The first-order chi connectivity index (χ1) is 10.2. The molecule has 0 fully saturated rings. The Morgan fingerprint density at radius 3 is 2.68 bits per heavy atom. The van der Waals surface area contributed by atoms with Crippen molar-refractivity contribution in [3.8, 4) is 11.5 Å². The van der Waals surface area contributed by atoms with Crippen molar-refractivity contribution in [3.05, 3.63) is 23.3 Å². The lowest BCUT2D eigenvalue weighted by Crippen LogP contribution is -2.21. The maximum absolute atomic E-state index is 10.8. The van der Waals surface area contributed by atoms with Gasteiger partial charge in [-0.05, 0) is 12.1 Å². The fourth-order valence-electron chi connectivity index (χ4n) is 1.52. The minimum absolute atomic E-state index is 0.00131. The number of hydrogen-bond acceptors (Lipinski definition) is 6. The van der Waals surface area contributed by atoms with Crippen molar-refractivity contribution in [2.75, 3.05) is 0 Å². The van der Waals surface area contributed by atoms with Gasteiger partial charge < -0.3 is 21.6 Å². The summed E-state index contributed by atoms with van der Waals surface area (Å²) >= 11 is 1.24. The third-order valence-electron chi connectivity index (χ3n) is 2.23. The van der Waals surface area contributed by atoms with Crippen LogP contribution in [-0.2, 0) is 16.6 Å². The zero-order valence-electron chi connectivity index (χ0n) is 11.1.